The smallest absolute Gasteiger partial charge is 0.242 e. The van der Waals surface area contributed by atoms with E-state index in [-0.39, 0.29) is 0 Å². The predicted octanol–water partition coefficient (Wildman–Crippen LogP) is 2.53. The molecule has 18 heavy (non-hydrogen) atoms. The molecule has 2 aromatic rings. The molecule has 2 rings (SSSR count). The van der Waals surface area contributed by atoms with E-state index in [0.717, 1.165) is 10.3 Å². The summed E-state index contributed by atoms with van der Waals surface area (Å²) in [6, 6.07) is 2.08. The molecule has 0 spiro atoms. The van der Waals surface area contributed by atoms with Crippen molar-refractivity contribution < 1.29 is 4.74 Å². The average Bonchev–Trinajstić information content (AvgIpc) is 2.75. The molecule has 0 aliphatic carbocycles. The van der Waals surface area contributed by atoms with Crippen LogP contribution in [0.1, 0.15) is 5.56 Å². The summed E-state index contributed by atoms with van der Waals surface area (Å²) in [4.78, 5) is 10.1. The van der Waals surface area contributed by atoms with Gasteiger partial charge < -0.3 is 15.4 Å². The molecule has 96 valence electrons. The van der Waals surface area contributed by atoms with Crippen LogP contribution in [0.3, 0.4) is 0 Å². The van der Waals surface area contributed by atoms with Crippen LogP contribution in [0.15, 0.2) is 21.6 Å². The highest BCUT2D eigenvalue weighted by Gasteiger charge is 2.13. The fourth-order valence-corrected chi connectivity index (χ4v) is 2.82. The normalized spacial score (nSPS) is 10.4. The molecule has 2 heterocycles. The van der Waals surface area contributed by atoms with Crippen LogP contribution in [0, 0.1) is 0 Å². The number of anilines is 2. The van der Waals surface area contributed by atoms with Crippen LogP contribution in [0.25, 0.3) is 0 Å². The second-order valence-electron chi connectivity index (χ2n) is 3.74. The second-order valence-corrected chi connectivity index (χ2v) is 6.03. The Morgan fingerprint density at radius 1 is 1.50 bits per heavy atom. The molecule has 2 N–H and O–H groups in total. The summed E-state index contributed by atoms with van der Waals surface area (Å²) in [7, 11) is 3.47. The zero-order valence-corrected chi connectivity index (χ0v) is 12.5. The highest BCUT2D eigenvalue weighted by Crippen LogP contribution is 2.28. The van der Waals surface area contributed by atoms with Gasteiger partial charge in [0.2, 0.25) is 5.88 Å². The number of nitrogens with two attached hydrogens (primary N) is 1. The van der Waals surface area contributed by atoms with E-state index in [9.17, 15) is 0 Å². The van der Waals surface area contributed by atoms with Crippen molar-refractivity contribution in [3.8, 4) is 5.88 Å². The molecule has 7 heteroatoms. The number of halogens is 1. The van der Waals surface area contributed by atoms with Gasteiger partial charge in [0.15, 0.2) is 5.82 Å². The molecular formula is C11H13BrN4OS. The van der Waals surface area contributed by atoms with Gasteiger partial charge in [0.1, 0.15) is 12.0 Å². The van der Waals surface area contributed by atoms with Crippen molar-refractivity contribution in [1.82, 2.24) is 9.97 Å². The number of hydrogen-bond acceptors (Lipinski definition) is 6. The molecule has 0 aromatic carbocycles. The summed E-state index contributed by atoms with van der Waals surface area (Å²) in [5.74, 6) is 1.07. The summed E-state index contributed by atoms with van der Waals surface area (Å²) in [5.41, 5.74) is 7.61. The number of nitrogens with zero attached hydrogens (tertiary/aromatic N) is 3. The van der Waals surface area contributed by atoms with Crippen molar-refractivity contribution in [3.63, 3.8) is 0 Å². The molecular weight excluding hydrogens is 316 g/mol. The molecule has 0 saturated carbocycles. The lowest BCUT2D eigenvalue weighted by atomic mass is 10.3. The zero-order chi connectivity index (χ0) is 13.1. The van der Waals surface area contributed by atoms with Crippen LogP contribution in [0.2, 0.25) is 0 Å². The Bertz CT molecular complexity index is 546. The molecule has 0 bridgehead atoms. The van der Waals surface area contributed by atoms with Crippen LogP contribution in [-0.4, -0.2) is 24.1 Å². The summed E-state index contributed by atoms with van der Waals surface area (Å²) in [5, 5.41) is 2.09. The third-order valence-electron chi connectivity index (χ3n) is 2.42. The Balaban J connectivity index is 2.21. The number of nitrogen functional groups attached to an aromatic ring is 1. The van der Waals surface area contributed by atoms with Crippen LogP contribution in [0.5, 0.6) is 5.88 Å². The number of ether oxygens (including phenoxy) is 1. The van der Waals surface area contributed by atoms with Gasteiger partial charge in [0.25, 0.3) is 0 Å². The van der Waals surface area contributed by atoms with Gasteiger partial charge in [0, 0.05) is 13.6 Å². The second kappa shape index (κ2) is 5.53. The fourth-order valence-electron chi connectivity index (χ4n) is 1.62. The maximum atomic E-state index is 5.96. The lowest BCUT2D eigenvalue weighted by Crippen LogP contribution is -2.19. The lowest BCUT2D eigenvalue weighted by Gasteiger charge is -2.19. The van der Waals surface area contributed by atoms with Crippen molar-refractivity contribution in [1.29, 1.82) is 0 Å². The van der Waals surface area contributed by atoms with Gasteiger partial charge >= 0.3 is 0 Å². The van der Waals surface area contributed by atoms with Gasteiger partial charge in [-0.2, -0.15) is 4.98 Å². The summed E-state index contributed by atoms with van der Waals surface area (Å²) in [6.07, 6.45) is 1.45. The third-order valence-corrected chi connectivity index (χ3v) is 3.98. The first-order valence-corrected chi connectivity index (χ1v) is 6.87. The highest BCUT2D eigenvalue weighted by atomic mass is 79.9. The molecule has 0 saturated heterocycles. The highest BCUT2D eigenvalue weighted by molar-refractivity contribution is 9.11. The fraction of sp³-hybridized carbons (Fsp3) is 0.273. The predicted molar refractivity (Wildman–Crippen MR) is 77.1 cm³/mol. The Morgan fingerprint density at radius 2 is 2.28 bits per heavy atom. The van der Waals surface area contributed by atoms with E-state index in [1.54, 1.807) is 18.4 Å². The summed E-state index contributed by atoms with van der Waals surface area (Å²) in [6.45, 7) is 0.729. The SMILES string of the molecule is COc1ncnc(N(C)Cc2csc(Br)c2)c1N. The van der Waals surface area contributed by atoms with Gasteiger partial charge in [-0.05, 0) is 32.9 Å². The van der Waals surface area contributed by atoms with Crippen LogP contribution in [0.4, 0.5) is 11.5 Å². The van der Waals surface area contributed by atoms with E-state index in [0.29, 0.717) is 17.4 Å². The molecule has 2 aromatic heterocycles. The van der Waals surface area contributed by atoms with E-state index < -0.39 is 0 Å². The molecule has 0 aliphatic rings. The van der Waals surface area contributed by atoms with Crippen molar-refractivity contribution >= 4 is 38.8 Å². The first-order valence-electron chi connectivity index (χ1n) is 5.20. The number of rotatable bonds is 4. The van der Waals surface area contributed by atoms with Crippen molar-refractivity contribution in [2.24, 2.45) is 0 Å². The maximum Gasteiger partial charge on any atom is 0.242 e. The minimum absolute atomic E-state index is 0.401. The Labute approximate surface area is 118 Å². The Hall–Kier alpha value is -1.34. The first-order chi connectivity index (χ1) is 8.61. The number of hydrogen-bond donors (Lipinski definition) is 1. The van der Waals surface area contributed by atoms with Gasteiger partial charge in [-0.15, -0.1) is 11.3 Å². The summed E-state index contributed by atoms with van der Waals surface area (Å²) < 4.78 is 6.19. The van der Waals surface area contributed by atoms with E-state index in [2.05, 4.69) is 37.3 Å². The van der Waals surface area contributed by atoms with Crippen LogP contribution < -0.4 is 15.4 Å². The quantitative estimate of drug-likeness (QED) is 0.934. The van der Waals surface area contributed by atoms with Gasteiger partial charge in [-0.3, -0.25) is 0 Å². The van der Waals surface area contributed by atoms with E-state index in [1.807, 2.05) is 11.9 Å². The van der Waals surface area contributed by atoms with E-state index in [1.165, 1.54) is 11.9 Å². The summed E-state index contributed by atoms with van der Waals surface area (Å²) >= 11 is 5.10. The largest absolute Gasteiger partial charge is 0.479 e. The van der Waals surface area contributed by atoms with Crippen LogP contribution in [-0.2, 0) is 6.54 Å². The van der Waals surface area contributed by atoms with Gasteiger partial charge in [-0.1, -0.05) is 0 Å². The third kappa shape index (κ3) is 2.73. The molecule has 0 atom stereocenters. The average molecular weight is 329 g/mol. The Morgan fingerprint density at radius 3 is 2.89 bits per heavy atom. The van der Waals surface area contributed by atoms with E-state index in [4.69, 9.17) is 10.5 Å². The molecule has 0 aliphatic heterocycles. The topological polar surface area (TPSA) is 64.3 Å². The number of thiophene rings is 1. The van der Waals surface area contributed by atoms with Crippen molar-refractivity contribution in [2.45, 2.75) is 6.54 Å². The molecule has 0 unspecified atom stereocenters. The molecule has 0 fully saturated rings. The monoisotopic (exact) mass is 328 g/mol. The first kappa shape index (κ1) is 13.1. The minimum Gasteiger partial charge on any atom is -0.479 e. The van der Waals surface area contributed by atoms with Gasteiger partial charge in [0.05, 0.1) is 10.9 Å². The molecule has 5 nitrogen and oxygen atoms in total. The molecule has 0 amide bonds. The lowest BCUT2D eigenvalue weighted by molar-refractivity contribution is 0.399. The zero-order valence-electron chi connectivity index (χ0n) is 10.1. The van der Waals surface area contributed by atoms with Crippen LogP contribution >= 0.6 is 27.3 Å². The van der Waals surface area contributed by atoms with E-state index >= 15 is 0 Å². The number of aromatic nitrogens is 2. The standard InChI is InChI=1S/C11H13BrN4OS/c1-16(4-7-3-8(12)18-5-7)10-9(13)11(17-2)15-6-14-10/h3,5-6H,4,13H2,1-2H3. The van der Waals surface area contributed by atoms with Gasteiger partial charge in [-0.25, -0.2) is 4.98 Å². The minimum atomic E-state index is 0.401. The number of methoxy groups -OCH3 is 1. The maximum absolute atomic E-state index is 5.96. The van der Waals surface area contributed by atoms with Crippen molar-refractivity contribution in [3.05, 3.63) is 27.1 Å². The van der Waals surface area contributed by atoms with Crippen molar-refractivity contribution in [2.75, 3.05) is 24.8 Å². The Kier molecular flexibility index (Phi) is 4.03. The molecule has 0 radical (unpaired) electrons.